The van der Waals surface area contributed by atoms with Gasteiger partial charge in [0.1, 0.15) is 0 Å². The lowest BCUT2D eigenvalue weighted by Crippen LogP contribution is -2.43. The number of nitrogens with one attached hydrogen (secondary N) is 1. The molecule has 1 aliphatic heterocycles. The van der Waals surface area contributed by atoms with E-state index in [1.165, 1.54) is 0 Å². The average molecular weight is 258 g/mol. The highest BCUT2D eigenvalue weighted by Gasteiger charge is 2.25. The predicted octanol–water partition coefficient (Wildman–Crippen LogP) is 1.09. The van der Waals surface area contributed by atoms with Crippen molar-refractivity contribution in [2.24, 2.45) is 23.5 Å². The molecule has 0 aliphatic carbocycles. The van der Waals surface area contributed by atoms with Gasteiger partial charge >= 0.3 is 0 Å². The minimum Gasteiger partial charge on any atom is -0.393 e. The van der Waals surface area contributed by atoms with Gasteiger partial charge in [-0.3, -0.25) is 4.79 Å². The summed E-state index contributed by atoms with van der Waals surface area (Å²) < 4.78 is 5.37. The molecule has 1 rings (SSSR count). The zero-order valence-corrected chi connectivity index (χ0v) is 11.4. The van der Waals surface area contributed by atoms with E-state index in [0.717, 1.165) is 26.1 Å². The number of amides is 1. The summed E-state index contributed by atoms with van der Waals surface area (Å²) in [5.74, 6) is 0.134. The lowest BCUT2D eigenvalue weighted by molar-refractivity contribution is -0.124. The van der Waals surface area contributed by atoms with Crippen LogP contribution >= 0.6 is 12.2 Å². The van der Waals surface area contributed by atoms with Crippen LogP contribution < -0.4 is 11.1 Å². The summed E-state index contributed by atoms with van der Waals surface area (Å²) in [6, 6.07) is 0. The number of nitrogens with two attached hydrogens (primary N) is 1. The summed E-state index contributed by atoms with van der Waals surface area (Å²) in [5, 5.41) is 2.93. The molecule has 0 aromatic carbocycles. The number of rotatable bonds is 5. The van der Waals surface area contributed by atoms with Gasteiger partial charge in [0.2, 0.25) is 5.91 Å². The van der Waals surface area contributed by atoms with Crippen molar-refractivity contribution >= 4 is 23.1 Å². The van der Waals surface area contributed by atoms with Crippen molar-refractivity contribution in [1.82, 2.24) is 5.32 Å². The first-order chi connectivity index (χ1) is 8.02. The van der Waals surface area contributed by atoms with Crippen LogP contribution in [0.3, 0.4) is 0 Å². The smallest absolute Gasteiger partial charge is 0.230 e. The van der Waals surface area contributed by atoms with E-state index in [1.54, 1.807) is 0 Å². The Kier molecular flexibility index (Phi) is 5.85. The summed E-state index contributed by atoms with van der Waals surface area (Å²) >= 11 is 4.93. The fourth-order valence-corrected chi connectivity index (χ4v) is 2.46. The number of hydrogen-bond acceptors (Lipinski definition) is 3. The minimum atomic E-state index is -0.366. The first kappa shape index (κ1) is 14.4. The number of thiocarbonyl (C=S) groups is 1. The number of carbonyl (C=O) groups is 1. The molecule has 2 atom stereocenters. The third kappa shape index (κ3) is 4.60. The van der Waals surface area contributed by atoms with E-state index in [9.17, 15) is 4.79 Å². The van der Waals surface area contributed by atoms with Crippen LogP contribution in [0.1, 0.15) is 26.7 Å². The molecule has 4 nitrogen and oxygen atoms in total. The summed E-state index contributed by atoms with van der Waals surface area (Å²) in [4.78, 5) is 12.2. The van der Waals surface area contributed by atoms with Crippen molar-refractivity contribution < 1.29 is 9.53 Å². The predicted molar refractivity (Wildman–Crippen MR) is 71.7 cm³/mol. The van der Waals surface area contributed by atoms with Crippen LogP contribution in [0.5, 0.6) is 0 Å². The second kappa shape index (κ2) is 6.91. The van der Waals surface area contributed by atoms with E-state index in [-0.39, 0.29) is 22.7 Å². The highest BCUT2D eigenvalue weighted by molar-refractivity contribution is 7.80. The van der Waals surface area contributed by atoms with E-state index in [2.05, 4.69) is 5.32 Å². The monoisotopic (exact) mass is 258 g/mol. The average Bonchev–Trinajstić information content (AvgIpc) is 2.27. The SMILES string of the molecule is CC(C)C(C(=O)NCC1CCCOC1)C(N)=S. The maximum atomic E-state index is 11.9. The van der Waals surface area contributed by atoms with Crippen LogP contribution in [0.2, 0.25) is 0 Å². The number of carbonyl (C=O) groups excluding carboxylic acids is 1. The van der Waals surface area contributed by atoms with Gasteiger partial charge in [-0.1, -0.05) is 26.1 Å². The molecule has 0 spiro atoms. The van der Waals surface area contributed by atoms with Gasteiger partial charge in [0, 0.05) is 13.2 Å². The second-order valence-corrected chi connectivity index (χ2v) is 5.42. The van der Waals surface area contributed by atoms with Gasteiger partial charge in [-0.05, 0) is 24.7 Å². The summed E-state index contributed by atoms with van der Waals surface area (Å²) in [7, 11) is 0. The molecule has 2 unspecified atom stereocenters. The summed E-state index contributed by atoms with van der Waals surface area (Å²) in [6.07, 6.45) is 2.18. The molecule has 1 amide bonds. The quantitative estimate of drug-likeness (QED) is 0.725. The third-order valence-corrected chi connectivity index (χ3v) is 3.33. The Morgan fingerprint density at radius 2 is 2.29 bits per heavy atom. The Labute approximate surface area is 108 Å². The van der Waals surface area contributed by atoms with Crippen molar-refractivity contribution in [3.05, 3.63) is 0 Å². The summed E-state index contributed by atoms with van der Waals surface area (Å²) in [6.45, 7) is 6.14. The molecular weight excluding hydrogens is 236 g/mol. The normalized spacial score (nSPS) is 22.2. The van der Waals surface area contributed by atoms with Crippen LogP contribution in [0.15, 0.2) is 0 Å². The standard InChI is InChI=1S/C12H22N2O2S/c1-8(2)10(11(13)17)12(15)14-6-9-4-3-5-16-7-9/h8-10H,3-7H2,1-2H3,(H2,13,17)(H,14,15). The molecule has 0 bridgehead atoms. The van der Waals surface area contributed by atoms with Gasteiger partial charge in [0.15, 0.2) is 0 Å². The number of hydrogen-bond donors (Lipinski definition) is 2. The molecule has 0 aromatic rings. The Morgan fingerprint density at radius 1 is 1.59 bits per heavy atom. The molecule has 1 fully saturated rings. The number of ether oxygens (including phenoxy) is 1. The van der Waals surface area contributed by atoms with Crippen LogP contribution in [0.25, 0.3) is 0 Å². The molecule has 1 saturated heterocycles. The molecule has 1 heterocycles. The molecule has 98 valence electrons. The van der Waals surface area contributed by atoms with Gasteiger partial charge in [0.05, 0.1) is 17.5 Å². The Bertz CT molecular complexity index is 276. The van der Waals surface area contributed by atoms with E-state index in [0.29, 0.717) is 12.5 Å². The molecule has 3 N–H and O–H groups in total. The van der Waals surface area contributed by atoms with Crippen LogP contribution in [0, 0.1) is 17.8 Å². The van der Waals surface area contributed by atoms with Crippen molar-refractivity contribution in [3.63, 3.8) is 0 Å². The van der Waals surface area contributed by atoms with Crippen molar-refractivity contribution in [2.45, 2.75) is 26.7 Å². The van der Waals surface area contributed by atoms with Crippen LogP contribution in [0.4, 0.5) is 0 Å². The van der Waals surface area contributed by atoms with E-state index < -0.39 is 0 Å². The highest BCUT2D eigenvalue weighted by atomic mass is 32.1. The molecule has 0 saturated carbocycles. The third-order valence-electron chi connectivity index (χ3n) is 3.08. The first-order valence-corrected chi connectivity index (χ1v) is 6.58. The minimum absolute atomic E-state index is 0.0573. The zero-order valence-electron chi connectivity index (χ0n) is 10.6. The van der Waals surface area contributed by atoms with Gasteiger partial charge in [-0.15, -0.1) is 0 Å². The Balaban J connectivity index is 2.38. The fourth-order valence-electron chi connectivity index (χ4n) is 2.08. The van der Waals surface area contributed by atoms with Crippen molar-refractivity contribution in [2.75, 3.05) is 19.8 Å². The molecule has 0 radical (unpaired) electrons. The largest absolute Gasteiger partial charge is 0.393 e. The van der Waals surface area contributed by atoms with Gasteiger partial charge in [-0.2, -0.15) is 0 Å². The molecule has 17 heavy (non-hydrogen) atoms. The van der Waals surface area contributed by atoms with Crippen LogP contribution in [-0.2, 0) is 9.53 Å². The van der Waals surface area contributed by atoms with Gasteiger partial charge in [0.25, 0.3) is 0 Å². The molecule has 5 heteroatoms. The van der Waals surface area contributed by atoms with E-state index in [1.807, 2.05) is 13.8 Å². The highest BCUT2D eigenvalue weighted by Crippen LogP contribution is 2.14. The zero-order chi connectivity index (χ0) is 12.8. The maximum Gasteiger partial charge on any atom is 0.230 e. The van der Waals surface area contributed by atoms with E-state index in [4.69, 9.17) is 22.7 Å². The topological polar surface area (TPSA) is 64.3 Å². The van der Waals surface area contributed by atoms with Crippen molar-refractivity contribution in [1.29, 1.82) is 0 Å². The Hall–Kier alpha value is -0.680. The lowest BCUT2D eigenvalue weighted by atomic mass is 9.94. The fraction of sp³-hybridized carbons (Fsp3) is 0.833. The van der Waals surface area contributed by atoms with Gasteiger partial charge in [-0.25, -0.2) is 0 Å². The van der Waals surface area contributed by atoms with Gasteiger partial charge < -0.3 is 15.8 Å². The summed E-state index contributed by atoms with van der Waals surface area (Å²) in [5.41, 5.74) is 5.59. The molecule has 1 aliphatic rings. The second-order valence-electron chi connectivity index (χ2n) is 4.95. The lowest BCUT2D eigenvalue weighted by Gasteiger charge is -2.24. The maximum absolute atomic E-state index is 11.9. The van der Waals surface area contributed by atoms with E-state index >= 15 is 0 Å². The van der Waals surface area contributed by atoms with Crippen molar-refractivity contribution in [3.8, 4) is 0 Å². The Morgan fingerprint density at radius 3 is 2.76 bits per heavy atom. The van der Waals surface area contributed by atoms with Crippen LogP contribution in [-0.4, -0.2) is 30.7 Å². The molecule has 0 aromatic heterocycles. The first-order valence-electron chi connectivity index (χ1n) is 6.17. The molecular formula is C12H22N2O2S.